The van der Waals surface area contributed by atoms with Crippen molar-refractivity contribution < 1.29 is 4.39 Å². The summed E-state index contributed by atoms with van der Waals surface area (Å²) >= 11 is 0. The van der Waals surface area contributed by atoms with E-state index in [4.69, 9.17) is 5.73 Å². The number of aromatic nitrogens is 2. The van der Waals surface area contributed by atoms with Gasteiger partial charge in [-0.05, 0) is 24.5 Å². The van der Waals surface area contributed by atoms with Crippen molar-refractivity contribution in [1.82, 2.24) is 9.55 Å². The fraction of sp³-hybridized carbons (Fsp3) is 0.500. The number of nitrogens with two attached hydrogens (primary N) is 1. The van der Waals surface area contributed by atoms with Crippen molar-refractivity contribution in [2.45, 2.75) is 38.6 Å². The molecule has 0 unspecified atom stereocenters. The van der Waals surface area contributed by atoms with E-state index in [1.165, 1.54) is 31.7 Å². The van der Waals surface area contributed by atoms with Gasteiger partial charge in [0.15, 0.2) is 5.82 Å². The molecule has 0 amide bonds. The molecule has 0 spiro atoms. The number of hydrogen-bond donors (Lipinski definition) is 1. The number of benzene rings is 1. The van der Waals surface area contributed by atoms with Crippen LogP contribution in [0.2, 0.25) is 0 Å². The Balaban J connectivity index is 1.86. The molecular formula is C14H18FN3. The van der Waals surface area contributed by atoms with Crippen LogP contribution in [0.25, 0.3) is 11.0 Å². The molecule has 1 aliphatic rings. The summed E-state index contributed by atoms with van der Waals surface area (Å²) in [5, 5.41) is 0. The van der Waals surface area contributed by atoms with E-state index < -0.39 is 0 Å². The molecule has 1 aromatic carbocycles. The second kappa shape index (κ2) is 4.59. The van der Waals surface area contributed by atoms with Crippen LogP contribution in [0.3, 0.4) is 0 Å². The highest BCUT2D eigenvalue weighted by atomic mass is 19.1. The molecule has 18 heavy (non-hydrogen) atoms. The van der Waals surface area contributed by atoms with Crippen molar-refractivity contribution in [3.63, 3.8) is 0 Å². The summed E-state index contributed by atoms with van der Waals surface area (Å²) in [5.74, 6) is 0.933. The van der Waals surface area contributed by atoms with Crippen molar-refractivity contribution >= 4 is 17.0 Å². The molecular weight excluding hydrogens is 229 g/mol. The third-order valence-electron chi connectivity index (χ3n) is 3.99. The molecule has 3 rings (SSSR count). The summed E-state index contributed by atoms with van der Waals surface area (Å²) in [5.41, 5.74) is 7.09. The number of anilines is 1. The van der Waals surface area contributed by atoms with Crippen molar-refractivity contribution in [1.29, 1.82) is 0 Å². The number of imidazole rings is 1. The number of aryl methyl sites for hydroxylation is 1. The highest BCUT2D eigenvalue weighted by molar-refractivity contribution is 5.78. The standard InChI is InChI=1S/C14H18FN3/c15-11-6-3-7-12-13(11)17-14(16)18(12)9-8-10-4-1-2-5-10/h3,6-7,10H,1-2,4-5,8-9H2,(H2,16,17). The lowest BCUT2D eigenvalue weighted by Gasteiger charge is -2.11. The van der Waals surface area contributed by atoms with Crippen LogP contribution in [0.4, 0.5) is 10.3 Å². The van der Waals surface area contributed by atoms with Gasteiger partial charge in [0.25, 0.3) is 0 Å². The average molecular weight is 247 g/mol. The van der Waals surface area contributed by atoms with Crippen LogP contribution in [0.1, 0.15) is 32.1 Å². The van der Waals surface area contributed by atoms with Gasteiger partial charge >= 0.3 is 0 Å². The summed E-state index contributed by atoms with van der Waals surface area (Å²) in [6.45, 7) is 0.844. The first-order valence-electron chi connectivity index (χ1n) is 6.66. The van der Waals surface area contributed by atoms with E-state index in [1.807, 2.05) is 10.6 Å². The minimum atomic E-state index is -0.293. The Bertz CT molecular complexity index is 555. The van der Waals surface area contributed by atoms with Gasteiger partial charge in [0.1, 0.15) is 5.52 Å². The third kappa shape index (κ3) is 1.96. The van der Waals surface area contributed by atoms with Gasteiger partial charge in [-0.1, -0.05) is 31.7 Å². The van der Waals surface area contributed by atoms with Crippen LogP contribution in [-0.4, -0.2) is 9.55 Å². The van der Waals surface area contributed by atoms with Crippen LogP contribution in [0, 0.1) is 11.7 Å². The monoisotopic (exact) mass is 247 g/mol. The Labute approximate surface area is 106 Å². The molecule has 4 heteroatoms. The number of nitrogen functional groups attached to an aromatic ring is 1. The highest BCUT2D eigenvalue weighted by Gasteiger charge is 2.17. The lowest BCUT2D eigenvalue weighted by Crippen LogP contribution is -2.06. The molecule has 1 aliphatic carbocycles. The predicted octanol–water partition coefficient (Wildman–Crippen LogP) is 3.34. The fourth-order valence-electron chi connectivity index (χ4n) is 2.98. The number of para-hydroxylation sites is 1. The average Bonchev–Trinajstić information content (AvgIpc) is 2.95. The molecule has 0 saturated heterocycles. The zero-order valence-electron chi connectivity index (χ0n) is 10.4. The lowest BCUT2D eigenvalue weighted by atomic mass is 10.0. The first kappa shape index (κ1) is 11.5. The zero-order chi connectivity index (χ0) is 12.5. The Morgan fingerprint density at radius 3 is 2.89 bits per heavy atom. The van der Waals surface area contributed by atoms with Gasteiger partial charge < -0.3 is 10.3 Å². The van der Waals surface area contributed by atoms with Gasteiger partial charge in [0.2, 0.25) is 5.95 Å². The molecule has 0 atom stereocenters. The lowest BCUT2D eigenvalue weighted by molar-refractivity contribution is 0.464. The summed E-state index contributed by atoms with van der Waals surface area (Å²) < 4.78 is 15.5. The van der Waals surface area contributed by atoms with Gasteiger partial charge in [-0.25, -0.2) is 9.37 Å². The SMILES string of the molecule is Nc1nc2c(F)cccc2n1CCC1CCCC1. The summed E-state index contributed by atoms with van der Waals surface area (Å²) in [6, 6.07) is 5.03. The molecule has 96 valence electrons. The number of fused-ring (bicyclic) bond motifs is 1. The highest BCUT2D eigenvalue weighted by Crippen LogP contribution is 2.29. The Kier molecular flexibility index (Phi) is 2.94. The Hall–Kier alpha value is -1.58. The normalized spacial score (nSPS) is 16.7. The molecule has 1 aromatic heterocycles. The molecule has 1 saturated carbocycles. The van der Waals surface area contributed by atoms with Crippen molar-refractivity contribution in [3.8, 4) is 0 Å². The number of hydrogen-bond acceptors (Lipinski definition) is 2. The fourth-order valence-corrected chi connectivity index (χ4v) is 2.98. The number of nitrogens with zero attached hydrogens (tertiary/aromatic N) is 2. The summed E-state index contributed by atoms with van der Waals surface area (Å²) in [4.78, 5) is 4.12. The zero-order valence-corrected chi connectivity index (χ0v) is 10.4. The maximum atomic E-state index is 13.6. The Morgan fingerprint density at radius 2 is 2.11 bits per heavy atom. The smallest absolute Gasteiger partial charge is 0.201 e. The van der Waals surface area contributed by atoms with Gasteiger partial charge in [-0.15, -0.1) is 0 Å². The van der Waals surface area contributed by atoms with E-state index in [9.17, 15) is 4.39 Å². The molecule has 1 heterocycles. The topological polar surface area (TPSA) is 43.8 Å². The van der Waals surface area contributed by atoms with E-state index >= 15 is 0 Å². The molecule has 1 fully saturated rings. The minimum absolute atomic E-state index is 0.293. The van der Waals surface area contributed by atoms with Crippen molar-refractivity contribution in [2.75, 3.05) is 5.73 Å². The van der Waals surface area contributed by atoms with Crippen molar-refractivity contribution in [3.05, 3.63) is 24.0 Å². The van der Waals surface area contributed by atoms with Crippen LogP contribution in [0.5, 0.6) is 0 Å². The maximum Gasteiger partial charge on any atom is 0.201 e. The van der Waals surface area contributed by atoms with E-state index in [0.29, 0.717) is 11.5 Å². The van der Waals surface area contributed by atoms with Crippen LogP contribution < -0.4 is 5.73 Å². The maximum absolute atomic E-state index is 13.6. The molecule has 2 aromatic rings. The van der Waals surface area contributed by atoms with Gasteiger partial charge in [0.05, 0.1) is 5.52 Å². The van der Waals surface area contributed by atoms with Crippen molar-refractivity contribution in [2.24, 2.45) is 5.92 Å². The summed E-state index contributed by atoms with van der Waals surface area (Å²) in [7, 11) is 0. The van der Waals surface area contributed by atoms with E-state index in [1.54, 1.807) is 6.07 Å². The molecule has 0 aliphatic heterocycles. The van der Waals surface area contributed by atoms with Crippen LogP contribution >= 0.6 is 0 Å². The second-order valence-corrected chi connectivity index (χ2v) is 5.17. The van der Waals surface area contributed by atoms with Gasteiger partial charge in [-0.2, -0.15) is 0 Å². The molecule has 0 bridgehead atoms. The van der Waals surface area contributed by atoms with Crippen LogP contribution in [0.15, 0.2) is 18.2 Å². The van der Waals surface area contributed by atoms with Gasteiger partial charge in [0, 0.05) is 6.54 Å². The largest absolute Gasteiger partial charge is 0.369 e. The van der Waals surface area contributed by atoms with Gasteiger partial charge in [-0.3, -0.25) is 0 Å². The first-order valence-corrected chi connectivity index (χ1v) is 6.66. The molecule has 3 nitrogen and oxygen atoms in total. The second-order valence-electron chi connectivity index (χ2n) is 5.17. The number of rotatable bonds is 3. The predicted molar refractivity (Wildman–Crippen MR) is 70.7 cm³/mol. The quantitative estimate of drug-likeness (QED) is 0.904. The summed E-state index contributed by atoms with van der Waals surface area (Å²) in [6.07, 6.45) is 6.45. The van der Waals surface area contributed by atoms with E-state index in [0.717, 1.165) is 24.4 Å². The molecule has 0 radical (unpaired) electrons. The van der Waals surface area contributed by atoms with Crippen LogP contribution in [-0.2, 0) is 6.54 Å². The minimum Gasteiger partial charge on any atom is -0.369 e. The Morgan fingerprint density at radius 1 is 1.33 bits per heavy atom. The number of halogens is 1. The third-order valence-corrected chi connectivity index (χ3v) is 3.99. The van der Waals surface area contributed by atoms with E-state index in [-0.39, 0.29) is 5.82 Å². The first-order chi connectivity index (χ1) is 8.75. The molecule has 2 N–H and O–H groups in total. The van der Waals surface area contributed by atoms with E-state index in [2.05, 4.69) is 4.98 Å².